The fourth-order valence-electron chi connectivity index (χ4n) is 3.23. The van der Waals surface area contributed by atoms with Gasteiger partial charge < -0.3 is 5.32 Å². The lowest BCUT2D eigenvalue weighted by atomic mass is 9.99. The number of anilines is 1. The zero-order valence-corrected chi connectivity index (χ0v) is 15.5. The number of carbonyl (C=O) groups excluding carboxylic acids is 2. The Balaban J connectivity index is 1.67. The average Bonchev–Trinajstić information content (AvgIpc) is 2.74. The molecule has 0 aliphatic heterocycles. The van der Waals surface area contributed by atoms with E-state index < -0.39 is 0 Å². The van der Waals surface area contributed by atoms with Crippen molar-refractivity contribution in [3.8, 4) is 0 Å². The number of aryl methyl sites for hydroxylation is 1. The third-order valence-electron chi connectivity index (χ3n) is 4.72. The Morgan fingerprint density at radius 1 is 0.679 bits per heavy atom. The van der Waals surface area contributed by atoms with Crippen molar-refractivity contribution in [2.75, 3.05) is 5.32 Å². The van der Waals surface area contributed by atoms with E-state index in [4.69, 9.17) is 0 Å². The summed E-state index contributed by atoms with van der Waals surface area (Å²) < 4.78 is 0. The number of nitrogens with one attached hydrogen (secondary N) is 1. The summed E-state index contributed by atoms with van der Waals surface area (Å²) in [6, 6.07) is 28.0. The van der Waals surface area contributed by atoms with Crippen LogP contribution in [0.1, 0.15) is 31.8 Å². The van der Waals surface area contributed by atoms with E-state index in [-0.39, 0.29) is 11.7 Å². The highest BCUT2D eigenvalue weighted by Gasteiger charge is 2.16. The van der Waals surface area contributed by atoms with Crippen LogP contribution in [0, 0.1) is 6.92 Å². The van der Waals surface area contributed by atoms with Gasteiger partial charge in [-0.3, -0.25) is 9.59 Å². The summed E-state index contributed by atoms with van der Waals surface area (Å²) in [5.41, 5.74) is 3.10. The Hall–Kier alpha value is -3.72. The molecule has 0 aromatic heterocycles. The quantitative estimate of drug-likeness (QED) is 0.476. The maximum atomic E-state index is 13.0. The zero-order chi connectivity index (χ0) is 19.5. The van der Waals surface area contributed by atoms with Crippen molar-refractivity contribution >= 4 is 28.2 Å². The largest absolute Gasteiger partial charge is 0.321 e. The minimum Gasteiger partial charge on any atom is -0.321 e. The van der Waals surface area contributed by atoms with E-state index in [0.29, 0.717) is 22.4 Å². The molecule has 3 nitrogen and oxygen atoms in total. The molecule has 0 unspecified atom stereocenters. The molecular formula is C25H19NO2. The second-order valence-electron chi connectivity index (χ2n) is 6.76. The summed E-state index contributed by atoms with van der Waals surface area (Å²) in [6.07, 6.45) is 0. The first-order valence-corrected chi connectivity index (χ1v) is 9.12. The van der Waals surface area contributed by atoms with E-state index >= 15 is 0 Å². The minimum absolute atomic E-state index is 0.113. The van der Waals surface area contributed by atoms with Gasteiger partial charge in [0.1, 0.15) is 0 Å². The lowest BCUT2D eigenvalue weighted by Gasteiger charge is -2.12. The second kappa shape index (κ2) is 7.49. The molecule has 0 spiro atoms. The van der Waals surface area contributed by atoms with Crippen molar-refractivity contribution in [2.24, 2.45) is 0 Å². The Morgan fingerprint density at radius 2 is 1.39 bits per heavy atom. The molecule has 0 aliphatic carbocycles. The molecule has 0 radical (unpaired) electrons. The minimum atomic E-state index is -0.239. The van der Waals surface area contributed by atoms with Crippen LogP contribution in [0.4, 0.5) is 5.69 Å². The van der Waals surface area contributed by atoms with E-state index in [2.05, 4.69) is 5.32 Å². The third-order valence-corrected chi connectivity index (χ3v) is 4.72. The number of carbonyl (C=O) groups is 2. The highest BCUT2D eigenvalue weighted by Crippen LogP contribution is 2.23. The molecule has 0 saturated carbocycles. The van der Waals surface area contributed by atoms with Crippen LogP contribution < -0.4 is 5.32 Å². The number of hydrogen-bond donors (Lipinski definition) is 1. The van der Waals surface area contributed by atoms with E-state index in [9.17, 15) is 9.59 Å². The summed E-state index contributed by atoms with van der Waals surface area (Å²) in [6.45, 7) is 1.93. The normalized spacial score (nSPS) is 10.6. The zero-order valence-electron chi connectivity index (χ0n) is 15.5. The SMILES string of the molecule is Cc1ccc(NC(=O)c2ccc3ccccc3c2)c(C(=O)c2ccccc2)c1. The van der Waals surface area contributed by atoms with Crippen LogP contribution in [-0.4, -0.2) is 11.7 Å². The summed E-state index contributed by atoms with van der Waals surface area (Å²) in [7, 11) is 0. The van der Waals surface area contributed by atoms with Gasteiger partial charge in [-0.15, -0.1) is 0 Å². The van der Waals surface area contributed by atoms with E-state index in [1.54, 1.807) is 24.3 Å². The maximum absolute atomic E-state index is 13.0. The number of fused-ring (bicyclic) bond motifs is 1. The second-order valence-corrected chi connectivity index (χ2v) is 6.76. The predicted octanol–water partition coefficient (Wildman–Crippen LogP) is 5.63. The van der Waals surface area contributed by atoms with Crippen LogP contribution in [0.2, 0.25) is 0 Å². The van der Waals surface area contributed by atoms with Crippen molar-refractivity contribution < 1.29 is 9.59 Å². The molecule has 0 heterocycles. The number of hydrogen-bond acceptors (Lipinski definition) is 2. The van der Waals surface area contributed by atoms with Crippen molar-refractivity contribution in [3.63, 3.8) is 0 Å². The van der Waals surface area contributed by atoms with E-state index in [1.165, 1.54) is 0 Å². The molecule has 1 N–H and O–H groups in total. The fraction of sp³-hybridized carbons (Fsp3) is 0.0400. The van der Waals surface area contributed by atoms with Crippen LogP contribution in [0.15, 0.2) is 91.0 Å². The number of ketones is 1. The van der Waals surface area contributed by atoms with Gasteiger partial charge in [0.2, 0.25) is 0 Å². The van der Waals surface area contributed by atoms with Crippen LogP contribution >= 0.6 is 0 Å². The Labute approximate surface area is 163 Å². The first kappa shape index (κ1) is 17.7. The summed E-state index contributed by atoms with van der Waals surface area (Å²) >= 11 is 0. The van der Waals surface area contributed by atoms with E-state index in [1.807, 2.05) is 73.7 Å². The molecule has 4 rings (SSSR count). The van der Waals surface area contributed by atoms with Crippen molar-refractivity contribution in [2.45, 2.75) is 6.92 Å². The predicted molar refractivity (Wildman–Crippen MR) is 113 cm³/mol. The van der Waals surface area contributed by atoms with Gasteiger partial charge in [0.25, 0.3) is 5.91 Å². The van der Waals surface area contributed by atoms with Crippen LogP contribution in [-0.2, 0) is 0 Å². The Kier molecular flexibility index (Phi) is 4.73. The third kappa shape index (κ3) is 3.55. The molecule has 4 aromatic carbocycles. The molecule has 4 aromatic rings. The smallest absolute Gasteiger partial charge is 0.255 e. The standard InChI is InChI=1S/C25H19NO2/c1-17-11-14-23(22(15-17)24(27)19-8-3-2-4-9-19)26-25(28)21-13-12-18-7-5-6-10-20(18)16-21/h2-16H,1H3,(H,26,28). The van der Waals surface area contributed by atoms with Gasteiger partial charge in [0, 0.05) is 16.7 Å². The molecule has 0 fully saturated rings. The highest BCUT2D eigenvalue weighted by molar-refractivity contribution is 6.15. The highest BCUT2D eigenvalue weighted by atomic mass is 16.1. The van der Waals surface area contributed by atoms with Crippen molar-refractivity contribution in [3.05, 3.63) is 113 Å². The Bertz CT molecular complexity index is 1180. The number of amides is 1. The molecule has 0 saturated heterocycles. The molecule has 1 amide bonds. The molecule has 136 valence electrons. The Morgan fingerprint density at radius 3 is 2.18 bits per heavy atom. The molecule has 0 aliphatic rings. The van der Waals surface area contributed by atoms with Gasteiger partial charge in [-0.25, -0.2) is 0 Å². The molecule has 28 heavy (non-hydrogen) atoms. The number of rotatable bonds is 4. The summed E-state index contributed by atoms with van der Waals surface area (Å²) in [4.78, 5) is 25.8. The molecule has 0 bridgehead atoms. The lowest BCUT2D eigenvalue weighted by Crippen LogP contribution is -2.15. The van der Waals surface area contributed by atoms with E-state index in [0.717, 1.165) is 16.3 Å². The fourth-order valence-corrected chi connectivity index (χ4v) is 3.23. The van der Waals surface area contributed by atoms with Gasteiger partial charge in [0.15, 0.2) is 5.78 Å². The van der Waals surface area contributed by atoms with Gasteiger partial charge in [-0.1, -0.05) is 72.3 Å². The molecular weight excluding hydrogens is 346 g/mol. The molecule has 3 heteroatoms. The van der Waals surface area contributed by atoms with Gasteiger partial charge in [-0.05, 0) is 42.0 Å². The van der Waals surface area contributed by atoms with Crippen molar-refractivity contribution in [1.82, 2.24) is 0 Å². The first-order valence-electron chi connectivity index (χ1n) is 9.12. The molecule has 0 atom stereocenters. The van der Waals surface area contributed by atoms with Crippen LogP contribution in [0.25, 0.3) is 10.8 Å². The van der Waals surface area contributed by atoms with Gasteiger partial charge in [-0.2, -0.15) is 0 Å². The number of benzene rings is 4. The monoisotopic (exact) mass is 365 g/mol. The van der Waals surface area contributed by atoms with Crippen LogP contribution in [0.3, 0.4) is 0 Å². The lowest BCUT2D eigenvalue weighted by molar-refractivity contribution is 0.102. The average molecular weight is 365 g/mol. The van der Waals surface area contributed by atoms with Crippen molar-refractivity contribution in [1.29, 1.82) is 0 Å². The first-order chi connectivity index (χ1) is 13.6. The van der Waals surface area contributed by atoms with Crippen LogP contribution in [0.5, 0.6) is 0 Å². The maximum Gasteiger partial charge on any atom is 0.255 e. The summed E-state index contributed by atoms with van der Waals surface area (Å²) in [5.74, 6) is -0.352. The topological polar surface area (TPSA) is 46.2 Å². The van der Waals surface area contributed by atoms with Gasteiger partial charge in [0.05, 0.1) is 5.69 Å². The van der Waals surface area contributed by atoms with Gasteiger partial charge >= 0.3 is 0 Å². The summed E-state index contributed by atoms with van der Waals surface area (Å²) in [5, 5.41) is 4.99.